The second-order valence-electron chi connectivity index (χ2n) is 7.51. The van der Waals surface area contributed by atoms with E-state index in [0.29, 0.717) is 11.0 Å². The van der Waals surface area contributed by atoms with Gasteiger partial charge in [-0.2, -0.15) is 0 Å². The van der Waals surface area contributed by atoms with Crippen LogP contribution in [0.4, 0.5) is 5.82 Å². The smallest absolute Gasteiger partial charge is 0.128 e. The highest BCUT2D eigenvalue weighted by atomic mass is 15.2. The third kappa shape index (κ3) is 2.94. The molecule has 1 aromatic rings. The highest BCUT2D eigenvalue weighted by Gasteiger charge is 2.43. The number of rotatable bonds is 3. The van der Waals surface area contributed by atoms with Crippen molar-refractivity contribution < 1.29 is 0 Å². The molecule has 0 aliphatic carbocycles. The molecule has 2 aliphatic rings. The molecule has 0 N–H and O–H groups in total. The third-order valence-corrected chi connectivity index (χ3v) is 5.96. The van der Waals surface area contributed by atoms with Crippen molar-refractivity contribution in [3.05, 3.63) is 24.4 Å². The summed E-state index contributed by atoms with van der Waals surface area (Å²) in [5.74, 6) is 1.15. The molecule has 2 saturated heterocycles. The van der Waals surface area contributed by atoms with Gasteiger partial charge < -0.3 is 4.90 Å². The topological polar surface area (TPSA) is 19.4 Å². The van der Waals surface area contributed by atoms with Gasteiger partial charge in [0.25, 0.3) is 0 Å². The number of piperidine rings is 1. The lowest BCUT2D eigenvalue weighted by molar-refractivity contribution is 0.118. The van der Waals surface area contributed by atoms with Crippen LogP contribution in [-0.4, -0.2) is 41.6 Å². The summed E-state index contributed by atoms with van der Waals surface area (Å²) in [6.45, 7) is 12.0. The number of anilines is 1. The molecule has 2 aliphatic heterocycles. The van der Waals surface area contributed by atoms with Gasteiger partial charge in [0.2, 0.25) is 0 Å². The lowest BCUT2D eigenvalue weighted by Crippen LogP contribution is -2.46. The molecule has 1 spiro atoms. The van der Waals surface area contributed by atoms with Crippen molar-refractivity contribution in [2.45, 2.75) is 52.0 Å². The van der Waals surface area contributed by atoms with Crippen molar-refractivity contribution in [1.82, 2.24) is 9.88 Å². The van der Waals surface area contributed by atoms with Crippen LogP contribution in [-0.2, 0) is 0 Å². The van der Waals surface area contributed by atoms with Crippen molar-refractivity contribution >= 4 is 5.82 Å². The van der Waals surface area contributed by atoms with Crippen LogP contribution >= 0.6 is 0 Å². The van der Waals surface area contributed by atoms with E-state index in [-0.39, 0.29) is 0 Å². The van der Waals surface area contributed by atoms with Crippen LogP contribution in [0, 0.1) is 5.41 Å². The molecule has 2 fully saturated rings. The van der Waals surface area contributed by atoms with Crippen molar-refractivity contribution in [2.24, 2.45) is 5.41 Å². The second kappa shape index (κ2) is 5.60. The van der Waals surface area contributed by atoms with Crippen LogP contribution in [0.2, 0.25) is 0 Å². The van der Waals surface area contributed by atoms with Gasteiger partial charge in [0.15, 0.2) is 0 Å². The zero-order chi connectivity index (χ0) is 14.9. The van der Waals surface area contributed by atoms with Gasteiger partial charge >= 0.3 is 0 Å². The van der Waals surface area contributed by atoms with Crippen LogP contribution in [0.1, 0.15) is 46.5 Å². The Bertz CT molecular complexity index is 461. The van der Waals surface area contributed by atoms with Gasteiger partial charge in [-0.05, 0) is 63.6 Å². The molecular weight excluding hydrogens is 258 g/mol. The van der Waals surface area contributed by atoms with Crippen molar-refractivity contribution in [3.8, 4) is 0 Å². The SMILES string of the molecule is CCC(C)(C)N1CCC2(CCN(c3ccccn3)CC2)C1. The number of hydrogen-bond donors (Lipinski definition) is 0. The average Bonchev–Trinajstić information content (AvgIpc) is 2.94. The molecule has 3 rings (SSSR count). The number of aromatic nitrogens is 1. The molecule has 0 saturated carbocycles. The minimum atomic E-state index is 0.363. The molecule has 21 heavy (non-hydrogen) atoms. The first-order chi connectivity index (χ1) is 10.0. The lowest BCUT2D eigenvalue weighted by Gasteiger charge is -2.42. The molecule has 3 heterocycles. The number of nitrogens with zero attached hydrogens (tertiary/aromatic N) is 3. The lowest BCUT2D eigenvalue weighted by atomic mass is 9.77. The number of hydrogen-bond acceptors (Lipinski definition) is 3. The summed E-state index contributed by atoms with van der Waals surface area (Å²) in [6, 6.07) is 6.23. The fourth-order valence-corrected chi connectivity index (χ4v) is 3.83. The molecular formula is C18H29N3. The Hall–Kier alpha value is -1.09. The predicted octanol–water partition coefficient (Wildman–Crippen LogP) is 3.56. The Morgan fingerprint density at radius 2 is 1.86 bits per heavy atom. The molecule has 1 aromatic heterocycles. The van der Waals surface area contributed by atoms with Crippen LogP contribution in [0.25, 0.3) is 0 Å². The summed E-state index contributed by atoms with van der Waals surface area (Å²) in [5.41, 5.74) is 0.930. The Morgan fingerprint density at radius 1 is 1.14 bits per heavy atom. The summed E-state index contributed by atoms with van der Waals surface area (Å²) in [5, 5.41) is 0. The van der Waals surface area contributed by atoms with Gasteiger partial charge in [0.1, 0.15) is 5.82 Å². The van der Waals surface area contributed by atoms with Crippen molar-refractivity contribution in [3.63, 3.8) is 0 Å². The molecule has 0 atom stereocenters. The maximum absolute atomic E-state index is 4.50. The fraction of sp³-hybridized carbons (Fsp3) is 0.722. The molecule has 3 heteroatoms. The van der Waals surface area contributed by atoms with E-state index in [1.807, 2.05) is 12.3 Å². The maximum Gasteiger partial charge on any atom is 0.128 e. The first-order valence-corrected chi connectivity index (χ1v) is 8.46. The Labute approximate surface area is 129 Å². The summed E-state index contributed by atoms with van der Waals surface area (Å²) in [7, 11) is 0. The van der Waals surface area contributed by atoms with E-state index >= 15 is 0 Å². The summed E-state index contributed by atoms with van der Waals surface area (Å²) >= 11 is 0. The van der Waals surface area contributed by atoms with Crippen LogP contribution in [0.5, 0.6) is 0 Å². The van der Waals surface area contributed by atoms with Gasteiger partial charge in [-0.1, -0.05) is 13.0 Å². The second-order valence-corrected chi connectivity index (χ2v) is 7.51. The zero-order valence-electron chi connectivity index (χ0n) is 13.8. The van der Waals surface area contributed by atoms with E-state index in [1.165, 1.54) is 38.8 Å². The molecule has 116 valence electrons. The quantitative estimate of drug-likeness (QED) is 0.847. The van der Waals surface area contributed by atoms with E-state index in [2.05, 4.69) is 47.7 Å². The minimum Gasteiger partial charge on any atom is -0.357 e. The van der Waals surface area contributed by atoms with E-state index in [1.54, 1.807) is 0 Å². The van der Waals surface area contributed by atoms with Gasteiger partial charge in [0, 0.05) is 31.4 Å². The first kappa shape index (κ1) is 14.8. The van der Waals surface area contributed by atoms with Gasteiger partial charge in [-0.3, -0.25) is 4.90 Å². The molecule has 0 bridgehead atoms. The molecule has 0 unspecified atom stereocenters. The Morgan fingerprint density at radius 3 is 2.48 bits per heavy atom. The highest BCUT2D eigenvalue weighted by molar-refractivity contribution is 5.38. The minimum absolute atomic E-state index is 0.363. The van der Waals surface area contributed by atoms with E-state index in [9.17, 15) is 0 Å². The monoisotopic (exact) mass is 287 g/mol. The molecule has 0 amide bonds. The molecule has 0 radical (unpaired) electrons. The van der Waals surface area contributed by atoms with E-state index < -0.39 is 0 Å². The highest BCUT2D eigenvalue weighted by Crippen LogP contribution is 2.43. The Kier molecular flexibility index (Phi) is 3.96. The Balaban J connectivity index is 1.61. The first-order valence-electron chi connectivity index (χ1n) is 8.46. The van der Waals surface area contributed by atoms with E-state index in [0.717, 1.165) is 18.9 Å². The molecule has 3 nitrogen and oxygen atoms in total. The van der Waals surface area contributed by atoms with Gasteiger partial charge in [-0.15, -0.1) is 0 Å². The largest absolute Gasteiger partial charge is 0.357 e. The van der Waals surface area contributed by atoms with Crippen LogP contribution in [0.15, 0.2) is 24.4 Å². The van der Waals surface area contributed by atoms with E-state index in [4.69, 9.17) is 0 Å². The molecule has 0 aromatic carbocycles. The predicted molar refractivity (Wildman–Crippen MR) is 88.7 cm³/mol. The summed E-state index contributed by atoms with van der Waals surface area (Å²) in [6.07, 6.45) is 7.16. The van der Waals surface area contributed by atoms with Gasteiger partial charge in [-0.25, -0.2) is 4.98 Å². The number of likely N-dealkylation sites (tertiary alicyclic amines) is 1. The number of pyridine rings is 1. The summed E-state index contributed by atoms with van der Waals surface area (Å²) < 4.78 is 0. The average molecular weight is 287 g/mol. The zero-order valence-corrected chi connectivity index (χ0v) is 13.8. The normalized spacial score (nSPS) is 22.9. The van der Waals surface area contributed by atoms with Crippen molar-refractivity contribution in [2.75, 3.05) is 31.1 Å². The summed E-state index contributed by atoms with van der Waals surface area (Å²) in [4.78, 5) is 9.68. The van der Waals surface area contributed by atoms with Crippen LogP contribution < -0.4 is 4.90 Å². The third-order valence-electron chi connectivity index (χ3n) is 5.96. The maximum atomic E-state index is 4.50. The van der Waals surface area contributed by atoms with Crippen LogP contribution in [0.3, 0.4) is 0 Å². The fourth-order valence-electron chi connectivity index (χ4n) is 3.83. The van der Waals surface area contributed by atoms with Crippen molar-refractivity contribution in [1.29, 1.82) is 0 Å². The standard InChI is InChI=1S/C18H29N3/c1-4-17(2,3)21-14-10-18(15-21)8-12-20(13-9-18)16-7-5-6-11-19-16/h5-7,11H,4,8-10,12-15H2,1-3H3. The van der Waals surface area contributed by atoms with Gasteiger partial charge in [0.05, 0.1) is 0 Å².